The molecule has 1 N–H and O–H groups in total. The van der Waals surface area contributed by atoms with Crippen LogP contribution in [0.3, 0.4) is 0 Å². The van der Waals surface area contributed by atoms with Crippen LogP contribution in [-0.2, 0) is 5.11 Å². The van der Waals surface area contributed by atoms with Crippen molar-refractivity contribution in [2.45, 2.75) is 26.3 Å². The number of nitrogens with zero attached hydrogens (tertiary/aromatic N) is 2. The highest BCUT2D eigenvalue weighted by atomic mass is 16.3. The molecule has 1 unspecified atom stereocenters. The Labute approximate surface area is 76.4 Å². The van der Waals surface area contributed by atoms with Gasteiger partial charge in [-0.05, 0) is 13.3 Å². The molecule has 0 aliphatic rings. The van der Waals surface area contributed by atoms with Crippen LogP contribution < -0.4 is 5.32 Å². The van der Waals surface area contributed by atoms with Crippen molar-refractivity contribution in [1.82, 2.24) is 15.1 Å². The molecule has 0 bridgehead atoms. The van der Waals surface area contributed by atoms with Crippen molar-refractivity contribution in [2.24, 2.45) is 0 Å². The zero-order chi connectivity index (χ0) is 9.84. The molecule has 0 aliphatic carbocycles. The lowest BCUT2D eigenvalue weighted by Gasteiger charge is -2.09. The zero-order valence-electron chi connectivity index (χ0n) is 7.65. The molecular weight excluding hydrogens is 170 g/mol. The molecule has 0 fully saturated rings. The van der Waals surface area contributed by atoms with Crippen molar-refractivity contribution in [3.05, 3.63) is 12.3 Å². The Morgan fingerprint density at radius 1 is 1.77 bits per heavy atom. The minimum atomic E-state index is -0.403. The van der Waals surface area contributed by atoms with E-state index < -0.39 is 5.88 Å². The van der Waals surface area contributed by atoms with E-state index in [0.29, 0.717) is 0 Å². The monoisotopic (exact) mass is 182 g/mol. The van der Waals surface area contributed by atoms with E-state index in [9.17, 15) is 9.90 Å². The number of carbonyl (C=O) groups excluding carboxylic acids is 1. The number of rotatable bonds is 2. The molecule has 5 heteroatoms. The van der Waals surface area contributed by atoms with Crippen LogP contribution in [0.25, 0.3) is 0 Å². The van der Waals surface area contributed by atoms with Crippen LogP contribution in [0.5, 0.6) is 5.88 Å². The maximum absolute atomic E-state index is 11.3. The van der Waals surface area contributed by atoms with E-state index in [0.717, 1.165) is 11.1 Å². The fourth-order valence-corrected chi connectivity index (χ4v) is 0.799. The van der Waals surface area contributed by atoms with Gasteiger partial charge in [0.2, 0.25) is 0 Å². The molecule has 1 atom stereocenters. The quantitative estimate of drug-likeness (QED) is 0.750. The van der Waals surface area contributed by atoms with Crippen LogP contribution in [0.1, 0.15) is 20.3 Å². The molecular formula is C8H12N3O2. The Morgan fingerprint density at radius 3 is 2.92 bits per heavy atom. The predicted molar refractivity (Wildman–Crippen MR) is 46.0 cm³/mol. The summed E-state index contributed by atoms with van der Waals surface area (Å²) in [6, 6.07) is 0.971. The van der Waals surface area contributed by atoms with Crippen molar-refractivity contribution < 1.29 is 9.90 Å². The Balaban J connectivity index is 2.58. The number of aromatic nitrogens is 2. The van der Waals surface area contributed by atoms with Crippen molar-refractivity contribution in [2.75, 3.05) is 0 Å². The van der Waals surface area contributed by atoms with E-state index in [4.69, 9.17) is 0 Å². The Kier molecular flexibility index (Phi) is 2.89. The highest BCUT2D eigenvalue weighted by Crippen LogP contribution is 2.02. The highest BCUT2D eigenvalue weighted by molar-refractivity contribution is 5.75. The first kappa shape index (κ1) is 9.57. The molecule has 1 aromatic rings. The molecule has 1 heterocycles. The van der Waals surface area contributed by atoms with Crippen molar-refractivity contribution >= 4 is 6.03 Å². The van der Waals surface area contributed by atoms with Gasteiger partial charge in [0, 0.05) is 18.3 Å². The number of hydrogen-bond donors (Lipinski definition) is 1. The van der Waals surface area contributed by atoms with E-state index >= 15 is 0 Å². The topological polar surface area (TPSA) is 66.8 Å². The second-order valence-electron chi connectivity index (χ2n) is 2.86. The summed E-state index contributed by atoms with van der Waals surface area (Å²) in [6.07, 6.45) is 2.19. The van der Waals surface area contributed by atoms with E-state index in [1.54, 1.807) is 0 Å². The molecule has 0 saturated heterocycles. The molecule has 0 spiro atoms. The van der Waals surface area contributed by atoms with Gasteiger partial charge >= 0.3 is 6.03 Å². The lowest BCUT2D eigenvalue weighted by molar-refractivity contribution is 0.234. The van der Waals surface area contributed by atoms with Gasteiger partial charge in [-0.2, -0.15) is 4.68 Å². The van der Waals surface area contributed by atoms with Crippen molar-refractivity contribution in [3.63, 3.8) is 0 Å². The summed E-state index contributed by atoms with van der Waals surface area (Å²) in [7, 11) is 0. The van der Waals surface area contributed by atoms with Gasteiger partial charge in [0.25, 0.3) is 5.88 Å². The van der Waals surface area contributed by atoms with Gasteiger partial charge in [0.1, 0.15) is 0 Å². The summed E-state index contributed by atoms with van der Waals surface area (Å²) in [6.45, 7) is 3.85. The summed E-state index contributed by atoms with van der Waals surface area (Å²) in [4.78, 5) is 11.3. The van der Waals surface area contributed by atoms with Gasteiger partial charge in [0.15, 0.2) is 0 Å². The highest BCUT2D eigenvalue weighted by Gasteiger charge is 2.08. The normalized spacial score (nSPS) is 12.5. The number of amides is 1. The SMILES string of the molecule is CCC(C)NC(=O)n1ccc([O])n1. The summed E-state index contributed by atoms with van der Waals surface area (Å²) < 4.78 is 1.01. The summed E-state index contributed by atoms with van der Waals surface area (Å²) in [5.41, 5.74) is 0. The van der Waals surface area contributed by atoms with E-state index in [1.165, 1.54) is 12.3 Å². The molecule has 71 valence electrons. The molecule has 1 aromatic heterocycles. The summed E-state index contributed by atoms with van der Waals surface area (Å²) >= 11 is 0. The summed E-state index contributed by atoms with van der Waals surface area (Å²) in [5, 5.41) is 16.8. The van der Waals surface area contributed by atoms with Crippen LogP contribution in [0.2, 0.25) is 0 Å². The maximum atomic E-state index is 11.3. The van der Waals surface area contributed by atoms with Gasteiger partial charge < -0.3 is 5.32 Å². The average Bonchev–Trinajstić information content (AvgIpc) is 2.51. The van der Waals surface area contributed by atoms with Gasteiger partial charge in [-0.1, -0.05) is 6.92 Å². The molecule has 0 aromatic carbocycles. The first-order valence-electron chi connectivity index (χ1n) is 4.17. The van der Waals surface area contributed by atoms with Crippen LogP contribution in [0.4, 0.5) is 4.79 Å². The molecule has 13 heavy (non-hydrogen) atoms. The molecule has 0 aliphatic heterocycles. The summed E-state index contributed by atoms with van der Waals surface area (Å²) in [5.74, 6) is -0.403. The number of nitrogens with one attached hydrogen (secondary N) is 1. The minimum absolute atomic E-state index is 0.0896. The third kappa shape index (κ3) is 2.47. The smallest absolute Gasteiger partial charge is 0.334 e. The largest absolute Gasteiger partial charge is 0.342 e. The predicted octanol–water partition coefficient (Wildman–Crippen LogP) is 1.38. The van der Waals surface area contributed by atoms with Gasteiger partial charge in [-0.3, -0.25) is 5.11 Å². The minimum Gasteiger partial charge on any atom is -0.334 e. The van der Waals surface area contributed by atoms with E-state index in [1.807, 2.05) is 13.8 Å². The first-order chi connectivity index (χ1) is 6.13. The van der Waals surface area contributed by atoms with E-state index in [-0.39, 0.29) is 12.1 Å². The van der Waals surface area contributed by atoms with Crippen LogP contribution in [-0.4, -0.2) is 21.9 Å². The van der Waals surface area contributed by atoms with Crippen molar-refractivity contribution in [3.8, 4) is 5.88 Å². The number of hydrogen-bond acceptors (Lipinski definition) is 2. The van der Waals surface area contributed by atoms with Gasteiger partial charge in [0.05, 0.1) is 0 Å². The first-order valence-corrected chi connectivity index (χ1v) is 4.17. The van der Waals surface area contributed by atoms with Gasteiger partial charge in [-0.25, -0.2) is 4.79 Å². The van der Waals surface area contributed by atoms with Crippen molar-refractivity contribution in [1.29, 1.82) is 0 Å². The second-order valence-corrected chi connectivity index (χ2v) is 2.86. The standard InChI is InChI=1S/C8H12N3O2/c1-3-6(2)9-8(13)11-5-4-7(12)10-11/h4-6H,3H2,1-2H3,(H,9,13). The van der Waals surface area contributed by atoms with Crippen LogP contribution >= 0.6 is 0 Å². The maximum Gasteiger partial charge on any atom is 0.342 e. The lowest BCUT2D eigenvalue weighted by Crippen LogP contribution is -2.35. The molecule has 1 amide bonds. The fraction of sp³-hybridized carbons (Fsp3) is 0.500. The second kappa shape index (κ2) is 3.93. The molecule has 1 radical (unpaired) electrons. The third-order valence-electron chi connectivity index (χ3n) is 1.75. The zero-order valence-corrected chi connectivity index (χ0v) is 7.65. The average molecular weight is 182 g/mol. The van der Waals surface area contributed by atoms with Gasteiger partial charge in [-0.15, -0.1) is 5.10 Å². The third-order valence-corrected chi connectivity index (χ3v) is 1.75. The lowest BCUT2D eigenvalue weighted by atomic mass is 10.3. The number of carbonyl (C=O) groups is 1. The fourth-order valence-electron chi connectivity index (χ4n) is 0.799. The van der Waals surface area contributed by atoms with Crippen LogP contribution in [0.15, 0.2) is 12.3 Å². The molecule has 1 rings (SSSR count). The molecule has 0 saturated carbocycles. The van der Waals surface area contributed by atoms with Crippen LogP contribution in [0, 0.1) is 0 Å². The molecule has 5 nitrogen and oxygen atoms in total. The Bertz CT molecular complexity index is 295. The van der Waals surface area contributed by atoms with E-state index in [2.05, 4.69) is 10.4 Å². The Morgan fingerprint density at radius 2 is 2.46 bits per heavy atom. The Hall–Kier alpha value is -1.52.